The molecule has 172 valence electrons. The molecule has 4 heteroatoms. The van der Waals surface area contributed by atoms with E-state index in [2.05, 4.69) is 51.2 Å². The Morgan fingerprint density at radius 3 is 2.15 bits per heavy atom. The minimum atomic E-state index is -0.159. The molecular formula is C29H33NO3. The largest absolute Gasteiger partial charge is 0.493 e. The lowest BCUT2D eigenvalue weighted by Gasteiger charge is -2.19. The number of rotatable bonds is 9. The molecule has 3 aromatic carbocycles. The third-order valence-electron chi connectivity index (χ3n) is 5.47. The fourth-order valence-electron chi connectivity index (χ4n) is 3.67. The molecule has 0 atom stereocenters. The normalized spacial score (nSPS) is 11.2. The van der Waals surface area contributed by atoms with Crippen molar-refractivity contribution in [3.8, 4) is 11.5 Å². The first-order chi connectivity index (χ1) is 15.9. The average Bonchev–Trinajstić information content (AvgIpc) is 2.82. The van der Waals surface area contributed by atoms with E-state index in [1.54, 1.807) is 19.3 Å². The van der Waals surface area contributed by atoms with Crippen LogP contribution in [0.2, 0.25) is 0 Å². The minimum absolute atomic E-state index is 0.159. The van der Waals surface area contributed by atoms with E-state index in [-0.39, 0.29) is 5.91 Å². The van der Waals surface area contributed by atoms with Crippen LogP contribution in [-0.4, -0.2) is 13.0 Å². The molecule has 4 nitrogen and oxygen atoms in total. The van der Waals surface area contributed by atoms with Crippen molar-refractivity contribution in [2.24, 2.45) is 0 Å². The molecule has 3 rings (SSSR count). The topological polar surface area (TPSA) is 47.6 Å². The molecule has 0 heterocycles. The SMILES string of the molecule is COc1cc(/C=C/C(=O)Nc2c(C(C)C)cccc2C(C)C)ccc1OCc1ccccc1. The second-order valence-corrected chi connectivity index (χ2v) is 8.63. The first-order valence-electron chi connectivity index (χ1n) is 11.4. The highest BCUT2D eigenvalue weighted by molar-refractivity contribution is 6.03. The van der Waals surface area contributed by atoms with Crippen molar-refractivity contribution < 1.29 is 14.3 Å². The number of ether oxygens (including phenoxy) is 2. The average molecular weight is 444 g/mol. The molecule has 3 aromatic rings. The Kier molecular flexibility index (Phi) is 8.31. The van der Waals surface area contributed by atoms with Crippen LogP contribution in [0.3, 0.4) is 0 Å². The molecule has 0 spiro atoms. The lowest BCUT2D eigenvalue weighted by Crippen LogP contribution is -2.13. The number of hydrogen-bond acceptors (Lipinski definition) is 3. The monoisotopic (exact) mass is 443 g/mol. The molecule has 0 aliphatic heterocycles. The van der Waals surface area contributed by atoms with Gasteiger partial charge in [-0.1, -0.05) is 82.3 Å². The highest BCUT2D eigenvalue weighted by atomic mass is 16.5. The first-order valence-corrected chi connectivity index (χ1v) is 11.4. The molecule has 0 bridgehead atoms. The molecule has 1 N–H and O–H groups in total. The highest BCUT2D eigenvalue weighted by Crippen LogP contribution is 2.33. The summed E-state index contributed by atoms with van der Waals surface area (Å²) in [5, 5.41) is 3.11. The summed E-state index contributed by atoms with van der Waals surface area (Å²) in [6.07, 6.45) is 3.34. The van der Waals surface area contributed by atoms with Crippen molar-refractivity contribution in [1.82, 2.24) is 0 Å². The van der Waals surface area contributed by atoms with Gasteiger partial charge in [0, 0.05) is 11.8 Å². The van der Waals surface area contributed by atoms with Gasteiger partial charge in [-0.15, -0.1) is 0 Å². The summed E-state index contributed by atoms with van der Waals surface area (Å²) in [6, 6.07) is 21.8. The Morgan fingerprint density at radius 1 is 0.879 bits per heavy atom. The summed E-state index contributed by atoms with van der Waals surface area (Å²) in [5.74, 6) is 1.76. The van der Waals surface area contributed by atoms with Crippen LogP contribution in [-0.2, 0) is 11.4 Å². The zero-order valence-electron chi connectivity index (χ0n) is 20.1. The molecule has 0 aromatic heterocycles. The Labute approximate surface area is 197 Å². The highest BCUT2D eigenvalue weighted by Gasteiger charge is 2.15. The molecule has 0 aliphatic carbocycles. The van der Waals surface area contributed by atoms with Gasteiger partial charge >= 0.3 is 0 Å². The van der Waals surface area contributed by atoms with E-state index in [9.17, 15) is 4.79 Å². The molecule has 33 heavy (non-hydrogen) atoms. The van der Waals surface area contributed by atoms with E-state index in [0.717, 1.165) is 27.9 Å². The van der Waals surface area contributed by atoms with Crippen LogP contribution in [0.5, 0.6) is 11.5 Å². The fraction of sp³-hybridized carbons (Fsp3) is 0.276. The summed E-state index contributed by atoms with van der Waals surface area (Å²) in [6.45, 7) is 9.01. The number of para-hydroxylation sites is 1. The Morgan fingerprint density at radius 2 is 1.55 bits per heavy atom. The van der Waals surface area contributed by atoms with Gasteiger partial charge in [-0.2, -0.15) is 0 Å². The molecule has 0 fully saturated rings. The molecular weight excluding hydrogens is 410 g/mol. The molecule has 0 saturated carbocycles. The number of carbonyl (C=O) groups excluding carboxylic acids is 1. The van der Waals surface area contributed by atoms with E-state index in [0.29, 0.717) is 29.9 Å². The zero-order valence-corrected chi connectivity index (χ0v) is 20.1. The predicted molar refractivity (Wildman–Crippen MR) is 136 cm³/mol. The molecule has 0 radical (unpaired) electrons. The third-order valence-corrected chi connectivity index (χ3v) is 5.47. The van der Waals surface area contributed by atoms with Crippen LogP contribution in [0.4, 0.5) is 5.69 Å². The van der Waals surface area contributed by atoms with Crippen molar-refractivity contribution in [2.75, 3.05) is 12.4 Å². The standard InChI is InChI=1S/C29H33NO3/c1-20(2)24-12-9-13-25(21(3)4)29(24)30-28(31)17-15-22-14-16-26(27(18-22)32-5)33-19-23-10-7-6-8-11-23/h6-18,20-21H,19H2,1-5H3,(H,30,31)/b17-15+. The lowest BCUT2D eigenvalue weighted by molar-refractivity contribution is -0.111. The van der Waals surface area contributed by atoms with Crippen molar-refractivity contribution in [3.63, 3.8) is 0 Å². The predicted octanol–water partition coefficient (Wildman–Crippen LogP) is 7.17. The first kappa shape index (κ1) is 24.1. The van der Waals surface area contributed by atoms with E-state index < -0.39 is 0 Å². The molecule has 0 unspecified atom stereocenters. The van der Waals surface area contributed by atoms with Crippen molar-refractivity contribution in [1.29, 1.82) is 0 Å². The van der Waals surface area contributed by atoms with Crippen LogP contribution in [0.15, 0.2) is 72.8 Å². The maximum atomic E-state index is 12.8. The Bertz CT molecular complexity index is 1070. The summed E-state index contributed by atoms with van der Waals surface area (Å²) in [7, 11) is 1.61. The van der Waals surface area contributed by atoms with E-state index in [4.69, 9.17) is 9.47 Å². The van der Waals surface area contributed by atoms with Crippen LogP contribution < -0.4 is 14.8 Å². The number of anilines is 1. The second-order valence-electron chi connectivity index (χ2n) is 8.63. The number of carbonyl (C=O) groups is 1. The molecule has 1 amide bonds. The number of hydrogen-bond donors (Lipinski definition) is 1. The van der Waals surface area contributed by atoms with Gasteiger partial charge in [0.15, 0.2) is 11.5 Å². The van der Waals surface area contributed by atoms with Gasteiger partial charge in [-0.3, -0.25) is 4.79 Å². The van der Waals surface area contributed by atoms with E-state index >= 15 is 0 Å². The van der Waals surface area contributed by atoms with Crippen molar-refractivity contribution in [3.05, 3.63) is 95.1 Å². The van der Waals surface area contributed by atoms with Crippen molar-refractivity contribution in [2.45, 2.75) is 46.1 Å². The van der Waals surface area contributed by atoms with E-state index in [1.165, 1.54) is 0 Å². The zero-order chi connectivity index (χ0) is 23.8. The number of nitrogens with one attached hydrogen (secondary N) is 1. The van der Waals surface area contributed by atoms with E-state index in [1.807, 2.05) is 48.5 Å². The van der Waals surface area contributed by atoms with Gasteiger partial charge in [0.1, 0.15) is 6.61 Å². The summed E-state index contributed by atoms with van der Waals surface area (Å²) < 4.78 is 11.4. The Hall–Kier alpha value is -3.53. The Balaban J connectivity index is 1.73. The van der Waals surface area contributed by atoms with Crippen LogP contribution in [0.1, 0.15) is 61.8 Å². The lowest BCUT2D eigenvalue weighted by atomic mass is 9.92. The summed E-state index contributed by atoms with van der Waals surface area (Å²) in [4.78, 5) is 12.8. The smallest absolute Gasteiger partial charge is 0.248 e. The minimum Gasteiger partial charge on any atom is -0.493 e. The summed E-state index contributed by atoms with van der Waals surface area (Å²) >= 11 is 0. The van der Waals surface area contributed by atoms with Crippen LogP contribution in [0.25, 0.3) is 6.08 Å². The maximum Gasteiger partial charge on any atom is 0.248 e. The maximum absolute atomic E-state index is 12.8. The number of methoxy groups -OCH3 is 1. The van der Waals surface area contributed by atoms with Gasteiger partial charge < -0.3 is 14.8 Å². The fourth-order valence-corrected chi connectivity index (χ4v) is 3.67. The van der Waals surface area contributed by atoms with Crippen LogP contribution >= 0.6 is 0 Å². The number of benzene rings is 3. The van der Waals surface area contributed by atoms with Gasteiger partial charge in [0.25, 0.3) is 0 Å². The quantitative estimate of drug-likeness (QED) is 0.357. The van der Waals surface area contributed by atoms with Gasteiger partial charge in [-0.25, -0.2) is 0 Å². The molecule has 0 saturated heterocycles. The second kappa shape index (κ2) is 11.4. The summed E-state index contributed by atoms with van der Waals surface area (Å²) in [5.41, 5.74) is 5.14. The van der Waals surface area contributed by atoms with Gasteiger partial charge in [0.05, 0.1) is 7.11 Å². The number of amides is 1. The molecule has 0 aliphatic rings. The third kappa shape index (κ3) is 6.48. The van der Waals surface area contributed by atoms with Crippen LogP contribution in [0, 0.1) is 0 Å². The van der Waals surface area contributed by atoms with Crippen molar-refractivity contribution >= 4 is 17.7 Å². The van der Waals surface area contributed by atoms with Gasteiger partial charge in [-0.05, 0) is 52.3 Å². The van der Waals surface area contributed by atoms with Gasteiger partial charge in [0.2, 0.25) is 5.91 Å².